The molecule has 0 saturated heterocycles. The van der Waals surface area contributed by atoms with Gasteiger partial charge in [0.2, 0.25) is 5.91 Å². The summed E-state index contributed by atoms with van der Waals surface area (Å²) < 4.78 is 1.72. The van der Waals surface area contributed by atoms with Crippen LogP contribution in [0.25, 0.3) is 11.0 Å². The van der Waals surface area contributed by atoms with Crippen molar-refractivity contribution in [3.63, 3.8) is 0 Å². The van der Waals surface area contributed by atoms with Gasteiger partial charge in [-0.15, -0.1) is 0 Å². The molecule has 3 rings (SSSR count). The standard InChI is InChI=1S/C16H22N4O2/c1-11-13-8-12(10-17-15(13)20(2)19-11)18-14(21)9-16(22)6-4-3-5-7-16/h8,10,22H,3-7,9H2,1-2H3,(H,18,21). The molecule has 0 aromatic carbocycles. The highest BCUT2D eigenvalue weighted by Gasteiger charge is 2.31. The van der Waals surface area contributed by atoms with Crippen molar-refractivity contribution in [2.75, 3.05) is 5.32 Å². The predicted octanol–water partition coefficient (Wildman–Crippen LogP) is 2.30. The molecule has 1 aliphatic carbocycles. The molecule has 118 valence electrons. The fourth-order valence-electron chi connectivity index (χ4n) is 3.27. The molecule has 0 spiro atoms. The highest BCUT2D eigenvalue weighted by atomic mass is 16.3. The number of aromatic nitrogens is 3. The first kappa shape index (κ1) is 15.0. The summed E-state index contributed by atoms with van der Waals surface area (Å²) in [6.45, 7) is 1.92. The molecule has 6 heteroatoms. The Morgan fingerprint density at radius 1 is 1.41 bits per heavy atom. The Balaban J connectivity index is 1.72. The molecule has 2 N–H and O–H groups in total. The maximum atomic E-state index is 12.2. The first-order chi connectivity index (χ1) is 10.5. The van der Waals surface area contributed by atoms with E-state index >= 15 is 0 Å². The third-order valence-corrected chi connectivity index (χ3v) is 4.42. The Morgan fingerprint density at radius 2 is 2.14 bits per heavy atom. The van der Waals surface area contributed by atoms with Gasteiger partial charge in [-0.1, -0.05) is 19.3 Å². The number of hydrogen-bond donors (Lipinski definition) is 2. The molecular weight excluding hydrogens is 280 g/mol. The lowest BCUT2D eigenvalue weighted by molar-refractivity contribution is -0.122. The molecule has 1 amide bonds. The third kappa shape index (κ3) is 2.97. The number of aliphatic hydroxyl groups is 1. The Hall–Kier alpha value is -1.95. The van der Waals surface area contributed by atoms with Gasteiger partial charge < -0.3 is 10.4 Å². The number of aryl methyl sites for hydroxylation is 2. The van der Waals surface area contributed by atoms with Crippen LogP contribution in [-0.2, 0) is 11.8 Å². The van der Waals surface area contributed by atoms with E-state index in [1.165, 1.54) is 0 Å². The van der Waals surface area contributed by atoms with Gasteiger partial charge in [-0.25, -0.2) is 4.98 Å². The van der Waals surface area contributed by atoms with Crippen LogP contribution in [0, 0.1) is 6.92 Å². The Morgan fingerprint density at radius 3 is 2.86 bits per heavy atom. The summed E-state index contributed by atoms with van der Waals surface area (Å²) in [4.78, 5) is 16.5. The van der Waals surface area contributed by atoms with Crippen molar-refractivity contribution >= 4 is 22.6 Å². The monoisotopic (exact) mass is 302 g/mol. The zero-order chi connectivity index (χ0) is 15.7. The summed E-state index contributed by atoms with van der Waals surface area (Å²) in [5.41, 5.74) is 1.48. The van der Waals surface area contributed by atoms with Crippen LogP contribution in [-0.4, -0.2) is 31.4 Å². The SMILES string of the molecule is Cc1nn(C)c2ncc(NC(=O)CC3(O)CCCCC3)cc12. The second kappa shape index (κ2) is 5.68. The topological polar surface area (TPSA) is 80.0 Å². The molecular formula is C16H22N4O2. The highest BCUT2D eigenvalue weighted by Crippen LogP contribution is 2.31. The summed E-state index contributed by atoms with van der Waals surface area (Å²) in [7, 11) is 1.85. The van der Waals surface area contributed by atoms with Crippen LogP contribution in [0.15, 0.2) is 12.3 Å². The molecule has 0 unspecified atom stereocenters. The van der Waals surface area contributed by atoms with Gasteiger partial charge in [0.25, 0.3) is 0 Å². The third-order valence-electron chi connectivity index (χ3n) is 4.42. The van der Waals surface area contributed by atoms with Crippen molar-refractivity contribution in [1.82, 2.24) is 14.8 Å². The predicted molar refractivity (Wildman–Crippen MR) is 84.5 cm³/mol. The van der Waals surface area contributed by atoms with Crippen LogP contribution >= 0.6 is 0 Å². The molecule has 2 aromatic rings. The lowest BCUT2D eigenvalue weighted by Crippen LogP contribution is -2.35. The van der Waals surface area contributed by atoms with Crippen LogP contribution in [0.2, 0.25) is 0 Å². The van der Waals surface area contributed by atoms with Crippen molar-refractivity contribution in [2.45, 2.75) is 51.0 Å². The van der Waals surface area contributed by atoms with E-state index in [2.05, 4.69) is 15.4 Å². The second-order valence-corrected chi connectivity index (χ2v) is 6.31. The second-order valence-electron chi connectivity index (χ2n) is 6.31. The number of fused-ring (bicyclic) bond motifs is 1. The Kier molecular flexibility index (Phi) is 3.87. The fourth-order valence-corrected chi connectivity index (χ4v) is 3.27. The minimum atomic E-state index is -0.843. The number of carbonyl (C=O) groups excluding carboxylic acids is 1. The van der Waals surface area contributed by atoms with Gasteiger partial charge >= 0.3 is 0 Å². The van der Waals surface area contributed by atoms with E-state index in [4.69, 9.17) is 0 Å². The average Bonchev–Trinajstić information content (AvgIpc) is 2.73. The van der Waals surface area contributed by atoms with Crippen LogP contribution in [0.5, 0.6) is 0 Å². The molecule has 2 aromatic heterocycles. The van der Waals surface area contributed by atoms with Crippen molar-refractivity contribution in [3.05, 3.63) is 18.0 Å². The molecule has 0 radical (unpaired) electrons. The largest absolute Gasteiger partial charge is 0.389 e. The molecule has 2 heterocycles. The Bertz CT molecular complexity index is 701. The van der Waals surface area contributed by atoms with Crippen LogP contribution < -0.4 is 5.32 Å². The minimum Gasteiger partial charge on any atom is -0.389 e. The zero-order valence-corrected chi connectivity index (χ0v) is 13.1. The number of nitrogens with one attached hydrogen (secondary N) is 1. The van der Waals surface area contributed by atoms with Crippen molar-refractivity contribution < 1.29 is 9.90 Å². The molecule has 1 fully saturated rings. The molecule has 1 saturated carbocycles. The van der Waals surface area contributed by atoms with Crippen LogP contribution in [0.4, 0.5) is 5.69 Å². The van der Waals surface area contributed by atoms with Gasteiger partial charge in [0.15, 0.2) is 5.65 Å². The zero-order valence-electron chi connectivity index (χ0n) is 13.1. The summed E-state index contributed by atoms with van der Waals surface area (Å²) in [6.07, 6.45) is 6.32. The van der Waals surface area contributed by atoms with E-state index in [0.29, 0.717) is 18.5 Å². The number of nitrogens with zero attached hydrogens (tertiary/aromatic N) is 3. The lowest BCUT2D eigenvalue weighted by Gasteiger charge is -2.31. The van der Waals surface area contributed by atoms with Crippen LogP contribution in [0.1, 0.15) is 44.2 Å². The number of hydrogen-bond acceptors (Lipinski definition) is 4. The number of anilines is 1. The maximum Gasteiger partial charge on any atom is 0.227 e. The highest BCUT2D eigenvalue weighted by molar-refractivity contribution is 5.93. The van der Waals surface area contributed by atoms with Gasteiger partial charge in [-0.2, -0.15) is 5.10 Å². The van der Waals surface area contributed by atoms with Crippen molar-refractivity contribution in [2.24, 2.45) is 7.05 Å². The fraction of sp³-hybridized carbons (Fsp3) is 0.562. The molecule has 6 nitrogen and oxygen atoms in total. The summed E-state index contributed by atoms with van der Waals surface area (Å²) in [5, 5.41) is 18.5. The van der Waals surface area contributed by atoms with Gasteiger partial charge in [0, 0.05) is 12.4 Å². The Labute approximate surface area is 129 Å². The number of carbonyl (C=O) groups is 1. The van der Waals surface area contributed by atoms with Gasteiger partial charge in [-0.05, 0) is 25.8 Å². The smallest absolute Gasteiger partial charge is 0.227 e. The normalized spacial score (nSPS) is 17.6. The number of rotatable bonds is 3. The van der Waals surface area contributed by atoms with E-state index < -0.39 is 5.60 Å². The van der Waals surface area contributed by atoms with Gasteiger partial charge in [0.1, 0.15) is 0 Å². The van der Waals surface area contributed by atoms with E-state index in [0.717, 1.165) is 36.0 Å². The van der Waals surface area contributed by atoms with E-state index in [1.807, 2.05) is 20.0 Å². The lowest BCUT2D eigenvalue weighted by atomic mass is 9.82. The molecule has 22 heavy (non-hydrogen) atoms. The van der Waals surface area contributed by atoms with E-state index in [9.17, 15) is 9.90 Å². The molecule has 0 atom stereocenters. The molecule has 0 bridgehead atoms. The molecule has 1 aliphatic rings. The minimum absolute atomic E-state index is 0.150. The van der Waals surface area contributed by atoms with Gasteiger partial charge in [0.05, 0.1) is 29.6 Å². The van der Waals surface area contributed by atoms with E-state index in [1.54, 1.807) is 10.9 Å². The van der Waals surface area contributed by atoms with Crippen LogP contribution in [0.3, 0.4) is 0 Å². The van der Waals surface area contributed by atoms with Crippen molar-refractivity contribution in [1.29, 1.82) is 0 Å². The first-order valence-electron chi connectivity index (χ1n) is 7.78. The quantitative estimate of drug-likeness (QED) is 0.911. The van der Waals surface area contributed by atoms with Crippen molar-refractivity contribution in [3.8, 4) is 0 Å². The summed E-state index contributed by atoms with van der Waals surface area (Å²) >= 11 is 0. The molecule has 0 aliphatic heterocycles. The number of pyridine rings is 1. The van der Waals surface area contributed by atoms with Gasteiger partial charge in [-0.3, -0.25) is 9.48 Å². The summed E-state index contributed by atoms with van der Waals surface area (Å²) in [5.74, 6) is -0.160. The average molecular weight is 302 g/mol. The first-order valence-corrected chi connectivity index (χ1v) is 7.78. The maximum absolute atomic E-state index is 12.2. The summed E-state index contributed by atoms with van der Waals surface area (Å²) in [6, 6.07) is 1.88. The van der Waals surface area contributed by atoms with E-state index in [-0.39, 0.29) is 12.3 Å². The number of amides is 1.